The maximum absolute atomic E-state index is 13.4. The zero-order chi connectivity index (χ0) is 57.5. The highest BCUT2D eigenvalue weighted by atomic mass is 16.7. The Morgan fingerprint density at radius 3 is 1.32 bits per heavy atom. The highest BCUT2D eigenvalue weighted by Gasteiger charge is 2.47. The van der Waals surface area contributed by atoms with Gasteiger partial charge in [0.05, 0.1) is 25.4 Å². The SMILES string of the molecule is CCCCC/C=C\C/C=C\CCCCCCCCCCCC(=O)OC1C(OCC(NC(=O)C(O)CCCCCCCCCCCCCCCCCCCCCC)C(O)/C=C/CCCCCCCCCCC)OC(CO)C(O)C1O. The van der Waals surface area contributed by atoms with E-state index in [4.69, 9.17) is 14.2 Å². The van der Waals surface area contributed by atoms with Crippen LogP contribution in [0.25, 0.3) is 0 Å². The fraction of sp³-hybridized carbons (Fsp3) is 0.882. The Bertz CT molecular complexity index is 1420. The molecule has 1 heterocycles. The average molecular weight is 1120 g/mol. The molecule has 1 rings (SSSR count). The van der Waals surface area contributed by atoms with Crippen LogP contribution < -0.4 is 5.32 Å². The van der Waals surface area contributed by atoms with Crippen LogP contribution in [0.2, 0.25) is 0 Å². The van der Waals surface area contributed by atoms with Crippen LogP contribution in [0.3, 0.4) is 0 Å². The van der Waals surface area contributed by atoms with Gasteiger partial charge in [-0.1, -0.05) is 295 Å². The number of aliphatic hydroxyl groups excluding tert-OH is 5. The van der Waals surface area contributed by atoms with Gasteiger partial charge in [0.1, 0.15) is 24.4 Å². The average Bonchev–Trinajstić information content (AvgIpc) is 3.47. The van der Waals surface area contributed by atoms with Crippen LogP contribution in [0.1, 0.15) is 323 Å². The number of allylic oxidation sites excluding steroid dienone is 5. The van der Waals surface area contributed by atoms with Crippen LogP contribution in [0.5, 0.6) is 0 Å². The minimum absolute atomic E-state index is 0.121. The molecular weight excluding hydrogens is 991 g/mol. The van der Waals surface area contributed by atoms with Gasteiger partial charge in [0.25, 0.3) is 0 Å². The summed E-state index contributed by atoms with van der Waals surface area (Å²) in [6, 6.07) is -1.02. The molecule has 1 saturated heterocycles. The van der Waals surface area contributed by atoms with E-state index in [1.54, 1.807) is 6.08 Å². The van der Waals surface area contributed by atoms with Crippen LogP contribution >= 0.6 is 0 Å². The molecule has 11 heteroatoms. The largest absolute Gasteiger partial charge is 0.454 e. The van der Waals surface area contributed by atoms with Crippen LogP contribution in [-0.2, 0) is 23.8 Å². The summed E-state index contributed by atoms with van der Waals surface area (Å²) >= 11 is 0. The summed E-state index contributed by atoms with van der Waals surface area (Å²) in [4.78, 5) is 26.6. The molecule has 0 bridgehead atoms. The number of aliphatic hydroxyl groups is 5. The molecule has 6 N–H and O–H groups in total. The summed E-state index contributed by atoms with van der Waals surface area (Å²) in [6.07, 6.45) is 57.6. The quantitative estimate of drug-likeness (QED) is 0.0195. The first-order chi connectivity index (χ1) is 38.7. The number of hydrogen-bond donors (Lipinski definition) is 6. The number of nitrogens with one attached hydrogen (secondary N) is 1. The Kier molecular flexibility index (Phi) is 53.4. The molecular formula is C68H127NO10. The Morgan fingerprint density at radius 1 is 0.494 bits per heavy atom. The molecule has 0 spiro atoms. The topological polar surface area (TPSA) is 175 Å². The Labute approximate surface area is 485 Å². The smallest absolute Gasteiger partial charge is 0.306 e. The van der Waals surface area contributed by atoms with E-state index in [1.807, 2.05) is 6.08 Å². The predicted octanol–water partition coefficient (Wildman–Crippen LogP) is 16.6. The van der Waals surface area contributed by atoms with Gasteiger partial charge in [0, 0.05) is 6.42 Å². The van der Waals surface area contributed by atoms with Crippen molar-refractivity contribution in [1.29, 1.82) is 0 Å². The van der Waals surface area contributed by atoms with Gasteiger partial charge in [-0.05, 0) is 57.8 Å². The van der Waals surface area contributed by atoms with Crippen molar-refractivity contribution in [2.75, 3.05) is 13.2 Å². The summed E-state index contributed by atoms with van der Waals surface area (Å²) in [5.41, 5.74) is 0. The number of carbonyl (C=O) groups excluding carboxylic acids is 2. The first-order valence-corrected chi connectivity index (χ1v) is 33.8. The highest BCUT2D eigenvalue weighted by Crippen LogP contribution is 2.26. The number of esters is 1. The molecule has 1 amide bonds. The lowest BCUT2D eigenvalue weighted by Crippen LogP contribution is -2.61. The fourth-order valence-electron chi connectivity index (χ4n) is 10.7. The minimum atomic E-state index is -1.61. The van der Waals surface area contributed by atoms with Gasteiger partial charge >= 0.3 is 5.97 Å². The normalized spacial score (nSPS) is 19.0. The van der Waals surface area contributed by atoms with Gasteiger partial charge in [0.15, 0.2) is 12.4 Å². The van der Waals surface area contributed by atoms with Gasteiger partial charge in [0.2, 0.25) is 5.91 Å². The van der Waals surface area contributed by atoms with Crippen molar-refractivity contribution in [1.82, 2.24) is 5.32 Å². The van der Waals surface area contributed by atoms with Crippen molar-refractivity contribution in [3.63, 3.8) is 0 Å². The van der Waals surface area contributed by atoms with E-state index in [9.17, 15) is 35.1 Å². The second-order valence-corrected chi connectivity index (χ2v) is 23.6. The molecule has 0 aromatic heterocycles. The summed E-state index contributed by atoms with van der Waals surface area (Å²) in [5, 5.41) is 57.1. The Morgan fingerprint density at radius 2 is 0.873 bits per heavy atom. The number of rotatable bonds is 58. The summed E-state index contributed by atoms with van der Waals surface area (Å²) < 4.78 is 17.7. The third-order valence-electron chi connectivity index (χ3n) is 16.0. The number of hydrogen-bond acceptors (Lipinski definition) is 10. The highest BCUT2D eigenvalue weighted by molar-refractivity contribution is 5.80. The maximum atomic E-state index is 13.4. The van der Waals surface area contributed by atoms with E-state index in [-0.39, 0.29) is 13.0 Å². The third-order valence-corrected chi connectivity index (χ3v) is 16.0. The van der Waals surface area contributed by atoms with E-state index < -0.39 is 67.4 Å². The second-order valence-electron chi connectivity index (χ2n) is 23.6. The number of ether oxygens (including phenoxy) is 3. The molecule has 1 aliphatic rings. The molecule has 8 atom stereocenters. The Hall–Kier alpha value is -2.12. The number of carbonyl (C=O) groups is 2. The number of unbranched alkanes of at least 4 members (excludes halogenated alkanes) is 40. The van der Waals surface area contributed by atoms with Gasteiger partial charge in [-0.2, -0.15) is 0 Å². The zero-order valence-corrected chi connectivity index (χ0v) is 51.5. The summed E-state index contributed by atoms with van der Waals surface area (Å²) in [7, 11) is 0. The standard InChI is InChI=1S/C68H127NO10/c1-4-7-10-13-16-19-22-24-26-28-30-32-33-35-37-40-43-46-49-52-55-61(72)67(76)69-59(60(71)54-51-48-45-42-39-21-18-15-12-9-6-3)58-77-68-66(65(75)64(74)62(57-70)78-68)79-63(73)56-53-50-47-44-41-38-36-34-31-29-27-25-23-20-17-14-11-8-5-2/h17,20,25,27,51,54,59-62,64-66,68,70-72,74-75H,4-16,18-19,21-24,26,28-50,52-53,55-58H2,1-3H3,(H,69,76)/b20-17-,27-25-,54-51+. The second kappa shape index (κ2) is 56.4. The predicted molar refractivity (Wildman–Crippen MR) is 329 cm³/mol. The lowest BCUT2D eigenvalue weighted by atomic mass is 9.99. The first-order valence-electron chi connectivity index (χ1n) is 33.8. The van der Waals surface area contributed by atoms with Crippen molar-refractivity contribution < 1.29 is 49.3 Å². The third kappa shape index (κ3) is 44.1. The van der Waals surface area contributed by atoms with Gasteiger partial charge in [-0.25, -0.2) is 0 Å². The number of amides is 1. The van der Waals surface area contributed by atoms with Crippen LogP contribution in [0.4, 0.5) is 0 Å². The molecule has 0 saturated carbocycles. The molecule has 0 aliphatic carbocycles. The fourth-order valence-corrected chi connectivity index (χ4v) is 10.7. The van der Waals surface area contributed by atoms with Crippen molar-refractivity contribution in [2.24, 2.45) is 0 Å². The van der Waals surface area contributed by atoms with Crippen molar-refractivity contribution in [3.05, 3.63) is 36.5 Å². The van der Waals surface area contributed by atoms with Crippen LogP contribution in [0.15, 0.2) is 36.5 Å². The van der Waals surface area contributed by atoms with E-state index in [2.05, 4.69) is 50.4 Å². The van der Waals surface area contributed by atoms with Crippen molar-refractivity contribution in [2.45, 2.75) is 372 Å². The van der Waals surface area contributed by atoms with Crippen LogP contribution in [0, 0.1) is 0 Å². The maximum Gasteiger partial charge on any atom is 0.306 e. The molecule has 0 aromatic carbocycles. The van der Waals surface area contributed by atoms with Crippen molar-refractivity contribution in [3.8, 4) is 0 Å². The lowest BCUT2D eigenvalue weighted by Gasteiger charge is -2.41. The molecule has 0 radical (unpaired) electrons. The molecule has 1 aliphatic heterocycles. The molecule has 0 aromatic rings. The first kappa shape index (κ1) is 74.9. The van der Waals surface area contributed by atoms with Gasteiger partial charge < -0.3 is 45.1 Å². The minimum Gasteiger partial charge on any atom is -0.454 e. The van der Waals surface area contributed by atoms with Gasteiger partial charge in [-0.3, -0.25) is 9.59 Å². The zero-order valence-electron chi connectivity index (χ0n) is 51.5. The Balaban J connectivity index is 2.60. The monoisotopic (exact) mass is 1120 g/mol. The van der Waals surface area contributed by atoms with E-state index in [0.717, 1.165) is 70.6 Å². The van der Waals surface area contributed by atoms with E-state index >= 15 is 0 Å². The molecule has 11 nitrogen and oxygen atoms in total. The molecule has 8 unspecified atom stereocenters. The molecule has 464 valence electrons. The van der Waals surface area contributed by atoms with E-state index in [1.165, 1.54) is 205 Å². The molecule has 1 fully saturated rings. The van der Waals surface area contributed by atoms with Crippen molar-refractivity contribution >= 4 is 11.9 Å². The van der Waals surface area contributed by atoms with Gasteiger partial charge in [-0.15, -0.1) is 0 Å². The summed E-state index contributed by atoms with van der Waals surface area (Å²) in [6.45, 7) is 5.80. The van der Waals surface area contributed by atoms with Crippen LogP contribution in [-0.4, -0.2) is 99.6 Å². The summed E-state index contributed by atoms with van der Waals surface area (Å²) in [5.74, 6) is -1.19. The lowest BCUT2D eigenvalue weighted by molar-refractivity contribution is -0.305. The van der Waals surface area contributed by atoms with E-state index in [0.29, 0.717) is 19.3 Å². The molecule has 79 heavy (non-hydrogen) atoms.